The highest BCUT2D eigenvalue weighted by molar-refractivity contribution is 5.93. The molecular formula is C18H14F6O4. The van der Waals surface area contributed by atoms with E-state index in [1.165, 1.54) is 0 Å². The second-order valence-corrected chi connectivity index (χ2v) is 5.53. The molecule has 0 amide bonds. The third-order valence-corrected chi connectivity index (χ3v) is 3.18. The van der Waals surface area contributed by atoms with E-state index < -0.39 is 42.8 Å². The lowest BCUT2D eigenvalue weighted by Crippen LogP contribution is -2.21. The lowest BCUT2D eigenvalue weighted by atomic mass is 10.2. The van der Waals surface area contributed by atoms with Gasteiger partial charge in [0.25, 0.3) is 0 Å². The Bertz CT molecular complexity index is 787. The quantitative estimate of drug-likeness (QED) is 0.482. The molecule has 0 saturated heterocycles. The molecule has 10 heteroatoms. The number of rotatable bonds is 7. The first kappa shape index (κ1) is 21.4. The van der Waals surface area contributed by atoms with Gasteiger partial charge in [-0.25, -0.2) is 4.79 Å². The predicted molar refractivity (Wildman–Crippen MR) is 85.1 cm³/mol. The van der Waals surface area contributed by atoms with Crippen LogP contribution in [0.15, 0.2) is 48.5 Å². The smallest absolute Gasteiger partial charge is 0.422 e. The molecule has 0 unspecified atom stereocenters. The van der Waals surface area contributed by atoms with Crippen molar-refractivity contribution in [2.45, 2.75) is 19.0 Å². The standard InChI is InChI=1S/C18H14F6O4/c19-17(20,21)10-27-13-6-7-15(28-11-18(22,23)24)14(8-13)16(25)26-9-12-4-2-1-3-5-12/h1-8H,9-11H2. The van der Waals surface area contributed by atoms with Crippen LogP contribution in [0, 0.1) is 0 Å². The first-order valence-electron chi connectivity index (χ1n) is 7.78. The highest BCUT2D eigenvalue weighted by Crippen LogP contribution is 2.28. The van der Waals surface area contributed by atoms with Gasteiger partial charge >= 0.3 is 18.3 Å². The van der Waals surface area contributed by atoms with Crippen LogP contribution in [0.2, 0.25) is 0 Å². The minimum absolute atomic E-state index is 0.188. The number of benzene rings is 2. The number of hydrogen-bond donors (Lipinski definition) is 0. The van der Waals surface area contributed by atoms with Crippen molar-refractivity contribution in [1.82, 2.24) is 0 Å². The van der Waals surface area contributed by atoms with Crippen molar-refractivity contribution in [3.8, 4) is 11.5 Å². The Morgan fingerprint density at radius 1 is 0.821 bits per heavy atom. The molecular weight excluding hydrogens is 394 g/mol. The van der Waals surface area contributed by atoms with Crippen LogP contribution in [0.4, 0.5) is 26.3 Å². The third kappa shape index (κ3) is 7.37. The fourth-order valence-electron chi connectivity index (χ4n) is 2.01. The van der Waals surface area contributed by atoms with Crippen LogP contribution >= 0.6 is 0 Å². The van der Waals surface area contributed by atoms with E-state index >= 15 is 0 Å². The van der Waals surface area contributed by atoms with Gasteiger partial charge < -0.3 is 14.2 Å². The maximum Gasteiger partial charge on any atom is 0.422 e. The summed E-state index contributed by atoms with van der Waals surface area (Å²) in [5.41, 5.74) is 0.123. The van der Waals surface area contributed by atoms with Crippen LogP contribution in [0.1, 0.15) is 15.9 Å². The summed E-state index contributed by atoms with van der Waals surface area (Å²) >= 11 is 0. The maximum absolute atomic E-state index is 12.4. The highest BCUT2D eigenvalue weighted by atomic mass is 19.4. The number of carbonyl (C=O) groups is 1. The van der Waals surface area contributed by atoms with Gasteiger partial charge in [-0.15, -0.1) is 0 Å². The van der Waals surface area contributed by atoms with E-state index in [9.17, 15) is 31.1 Å². The Kier molecular flexibility index (Phi) is 6.76. The molecule has 0 aliphatic heterocycles. The second kappa shape index (κ2) is 8.85. The van der Waals surface area contributed by atoms with Gasteiger partial charge in [-0.2, -0.15) is 26.3 Å². The lowest BCUT2D eigenvalue weighted by molar-refractivity contribution is -0.154. The van der Waals surface area contributed by atoms with Crippen molar-refractivity contribution in [2.75, 3.05) is 13.2 Å². The number of ether oxygens (including phenoxy) is 3. The summed E-state index contributed by atoms with van der Waals surface area (Å²) in [5, 5.41) is 0. The Morgan fingerprint density at radius 2 is 1.43 bits per heavy atom. The number of alkyl halides is 6. The molecule has 28 heavy (non-hydrogen) atoms. The molecule has 0 aromatic heterocycles. The first-order chi connectivity index (χ1) is 13.0. The van der Waals surface area contributed by atoms with Crippen molar-refractivity contribution in [2.24, 2.45) is 0 Å². The van der Waals surface area contributed by atoms with E-state index in [4.69, 9.17) is 4.74 Å². The maximum atomic E-state index is 12.4. The Hall–Kier alpha value is -2.91. The van der Waals surface area contributed by atoms with Crippen molar-refractivity contribution >= 4 is 5.97 Å². The molecule has 0 saturated carbocycles. The highest BCUT2D eigenvalue weighted by Gasteiger charge is 2.30. The fraction of sp³-hybridized carbons (Fsp3) is 0.278. The average Bonchev–Trinajstić information content (AvgIpc) is 2.62. The largest absolute Gasteiger partial charge is 0.484 e. The Balaban J connectivity index is 2.18. The number of carbonyl (C=O) groups excluding carboxylic acids is 1. The Morgan fingerprint density at radius 3 is 2.04 bits per heavy atom. The fourth-order valence-corrected chi connectivity index (χ4v) is 2.01. The molecule has 0 aliphatic carbocycles. The molecule has 0 N–H and O–H groups in total. The van der Waals surface area contributed by atoms with Crippen LogP contribution in [-0.2, 0) is 11.3 Å². The molecule has 0 heterocycles. The van der Waals surface area contributed by atoms with Gasteiger partial charge in [0.2, 0.25) is 0 Å². The molecule has 0 bridgehead atoms. The summed E-state index contributed by atoms with van der Waals surface area (Å²) in [7, 11) is 0. The van der Waals surface area contributed by atoms with Gasteiger partial charge in [0.05, 0.1) is 0 Å². The van der Waals surface area contributed by atoms with Crippen LogP contribution in [-0.4, -0.2) is 31.5 Å². The number of esters is 1. The van der Waals surface area contributed by atoms with Gasteiger partial charge in [0, 0.05) is 0 Å². The molecule has 0 fully saturated rings. The summed E-state index contributed by atoms with van der Waals surface area (Å²) in [4.78, 5) is 12.3. The minimum Gasteiger partial charge on any atom is -0.484 e. The van der Waals surface area contributed by atoms with E-state index in [1.807, 2.05) is 0 Å². The van der Waals surface area contributed by atoms with Gasteiger partial charge in [-0.05, 0) is 23.8 Å². The van der Waals surface area contributed by atoms with Crippen molar-refractivity contribution in [1.29, 1.82) is 0 Å². The van der Waals surface area contributed by atoms with E-state index in [2.05, 4.69) is 9.47 Å². The van der Waals surface area contributed by atoms with Crippen molar-refractivity contribution in [3.63, 3.8) is 0 Å². The van der Waals surface area contributed by atoms with Gasteiger partial charge in [-0.1, -0.05) is 30.3 Å². The average molecular weight is 408 g/mol. The number of hydrogen-bond acceptors (Lipinski definition) is 4. The van der Waals surface area contributed by atoms with Crippen LogP contribution in [0.5, 0.6) is 11.5 Å². The topological polar surface area (TPSA) is 44.8 Å². The van der Waals surface area contributed by atoms with Crippen LogP contribution in [0.25, 0.3) is 0 Å². The SMILES string of the molecule is O=C(OCc1ccccc1)c1cc(OCC(F)(F)F)ccc1OCC(F)(F)F. The summed E-state index contributed by atoms with van der Waals surface area (Å²) < 4.78 is 88.1. The van der Waals surface area contributed by atoms with Crippen LogP contribution < -0.4 is 9.47 Å². The predicted octanol–water partition coefficient (Wildman–Crippen LogP) is 4.93. The van der Waals surface area contributed by atoms with E-state index in [0.29, 0.717) is 5.56 Å². The molecule has 152 valence electrons. The molecule has 2 aromatic rings. The summed E-state index contributed by atoms with van der Waals surface area (Å²) in [5.74, 6) is -1.93. The molecule has 0 radical (unpaired) electrons. The summed E-state index contributed by atoms with van der Waals surface area (Å²) in [6.07, 6.45) is -9.30. The van der Waals surface area contributed by atoms with Crippen molar-refractivity contribution < 1.29 is 45.3 Å². The van der Waals surface area contributed by atoms with Crippen LogP contribution in [0.3, 0.4) is 0 Å². The van der Waals surface area contributed by atoms with Gasteiger partial charge in [0.1, 0.15) is 23.7 Å². The second-order valence-electron chi connectivity index (χ2n) is 5.53. The van der Waals surface area contributed by atoms with E-state index in [-0.39, 0.29) is 12.4 Å². The first-order valence-corrected chi connectivity index (χ1v) is 7.78. The normalized spacial score (nSPS) is 11.8. The zero-order valence-electron chi connectivity index (χ0n) is 14.1. The minimum atomic E-state index is -4.67. The molecule has 2 rings (SSSR count). The lowest BCUT2D eigenvalue weighted by Gasteiger charge is -2.15. The molecule has 0 spiro atoms. The summed E-state index contributed by atoms with van der Waals surface area (Å²) in [6.45, 7) is -3.50. The van der Waals surface area contributed by atoms with E-state index in [1.54, 1.807) is 30.3 Å². The molecule has 4 nitrogen and oxygen atoms in total. The molecule has 0 atom stereocenters. The molecule has 2 aromatic carbocycles. The van der Waals surface area contributed by atoms with Gasteiger partial charge in [-0.3, -0.25) is 0 Å². The summed E-state index contributed by atoms with van der Waals surface area (Å²) in [6, 6.07) is 11.1. The molecule has 0 aliphatic rings. The zero-order valence-corrected chi connectivity index (χ0v) is 14.1. The monoisotopic (exact) mass is 408 g/mol. The third-order valence-electron chi connectivity index (χ3n) is 3.18. The number of halogens is 6. The van der Waals surface area contributed by atoms with E-state index in [0.717, 1.165) is 18.2 Å². The zero-order chi connectivity index (χ0) is 20.8. The van der Waals surface area contributed by atoms with Gasteiger partial charge in [0.15, 0.2) is 13.2 Å². The van der Waals surface area contributed by atoms with Crippen molar-refractivity contribution in [3.05, 3.63) is 59.7 Å². The Labute approximate surface area is 155 Å².